The van der Waals surface area contributed by atoms with E-state index in [-0.39, 0.29) is 26.3 Å². The van der Waals surface area contributed by atoms with Gasteiger partial charge in [-0.2, -0.15) is 26.3 Å². The van der Waals surface area contributed by atoms with E-state index in [4.69, 9.17) is 37.4 Å². The van der Waals surface area contributed by atoms with Crippen LogP contribution in [0, 0.1) is 20.2 Å². The molecule has 4 rings (SSSR count). The van der Waals surface area contributed by atoms with E-state index in [9.17, 15) is 46.6 Å². The lowest BCUT2D eigenvalue weighted by molar-refractivity contribution is -0.576. The van der Waals surface area contributed by atoms with Crippen LogP contribution in [0.2, 0.25) is 0 Å². The first-order chi connectivity index (χ1) is 24.7. The van der Waals surface area contributed by atoms with Crippen molar-refractivity contribution in [3.63, 3.8) is 0 Å². The van der Waals surface area contributed by atoms with Crippen molar-refractivity contribution in [2.75, 3.05) is 54.5 Å². The summed E-state index contributed by atoms with van der Waals surface area (Å²) < 4.78 is 103. The average molecular weight is 796 g/mol. The monoisotopic (exact) mass is 794 g/mol. The fourth-order valence-electron chi connectivity index (χ4n) is 5.91. The van der Waals surface area contributed by atoms with Crippen LogP contribution < -0.4 is 0 Å². The third-order valence-corrected chi connectivity index (χ3v) is 9.28. The Bertz CT molecular complexity index is 1700. The smallest absolute Gasteiger partial charge is 0.416 e. The van der Waals surface area contributed by atoms with Crippen LogP contribution in [0.25, 0.3) is 0 Å². The zero-order valence-corrected chi connectivity index (χ0v) is 30.1. The Kier molecular flexibility index (Phi) is 12.7. The molecule has 0 radical (unpaired) electrons. The molecule has 0 saturated carbocycles. The minimum atomic E-state index is -5.02. The van der Waals surface area contributed by atoms with Gasteiger partial charge in [0.25, 0.3) is 11.1 Å². The van der Waals surface area contributed by atoms with Crippen molar-refractivity contribution in [3.05, 3.63) is 137 Å². The molecule has 2 aromatic carbocycles. The molecule has 0 aliphatic heterocycles. The van der Waals surface area contributed by atoms with Crippen molar-refractivity contribution >= 4 is 23.2 Å². The lowest BCUT2D eigenvalue weighted by Gasteiger charge is -2.37. The van der Waals surface area contributed by atoms with E-state index in [2.05, 4.69) is 0 Å². The average Bonchev–Trinajstić information content (AvgIpc) is 3.06. The fraction of sp³-hybridized carbons (Fsp3) is 0.412. The van der Waals surface area contributed by atoms with Crippen molar-refractivity contribution < 1.29 is 50.4 Å². The van der Waals surface area contributed by atoms with Gasteiger partial charge in [-0.25, -0.2) is 0 Å². The molecule has 2 aromatic rings. The summed E-state index contributed by atoms with van der Waals surface area (Å²) in [6, 6.07) is 7.75. The molecule has 0 spiro atoms. The van der Waals surface area contributed by atoms with E-state index >= 15 is 0 Å². The summed E-state index contributed by atoms with van der Waals surface area (Å²) in [5, 5.41) is 24.6. The van der Waals surface area contributed by atoms with E-state index in [0.29, 0.717) is 12.1 Å². The maximum absolute atomic E-state index is 14.2. The van der Waals surface area contributed by atoms with E-state index in [1.54, 1.807) is 38.0 Å². The second-order valence-corrected chi connectivity index (χ2v) is 13.4. The first-order valence-corrected chi connectivity index (χ1v) is 16.5. The molecule has 0 amide bonds. The molecule has 0 fully saturated rings. The van der Waals surface area contributed by atoms with Gasteiger partial charge < -0.3 is 24.0 Å². The van der Waals surface area contributed by atoms with Crippen LogP contribution in [-0.4, -0.2) is 86.3 Å². The molecule has 288 valence electrons. The van der Waals surface area contributed by atoms with Gasteiger partial charge in [0.05, 0.1) is 34.4 Å². The molecule has 0 N–H and O–H groups in total. The number of alkyl halides is 6. The Morgan fingerprint density at radius 2 is 1.02 bits per heavy atom. The van der Waals surface area contributed by atoms with Crippen LogP contribution in [0.5, 0.6) is 0 Å². The topological polar surface area (TPSA) is 120 Å². The number of nitro groups is 2. The zero-order chi connectivity index (χ0) is 39.5. The summed E-state index contributed by atoms with van der Waals surface area (Å²) in [4.78, 5) is 27.2. The molecule has 4 atom stereocenters. The maximum Gasteiger partial charge on any atom is 0.416 e. The van der Waals surface area contributed by atoms with E-state index in [1.165, 1.54) is 12.1 Å². The van der Waals surface area contributed by atoms with E-state index in [1.807, 2.05) is 0 Å². The largest absolute Gasteiger partial charge is 0.455 e. The third-order valence-electron chi connectivity index (χ3n) is 8.51. The molecule has 0 heterocycles. The first kappa shape index (κ1) is 41.8. The highest BCUT2D eigenvalue weighted by molar-refractivity contribution is 6.31. The maximum atomic E-state index is 14.2. The summed E-state index contributed by atoms with van der Waals surface area (Å²) in [6.45, 7) is -0.144. The summed E-state index contributed by atoms with van der Waals surface area (Å²) in [5.41, 5.74) is -9.64. The summed E-state index contributed by atoms with van der Waals surface area (Å²) >= 11 is 13.4. The van der Waals surface area contributed by atoms with Gasteiger partial charge in [0.15, 0.2) is 12.2 Å². The van der Waals surface area contributed by atoms with Crippen LogP contribution in [0.4, 0.5) is 26.3 Å². The molecule has 19 heteroatoms. The molecule has 0 bridgehead atoms. The highest BCUT2D eigenvalue weighted by Gasteiger charge is 2.60. The minimum Gasteiger partial charge on any atom is -0.455 e. The van der Waals surface area contributed by atoms with Crippen molar-refractivity contribution in [1.82, 2.24) is 9.80 Å². The van der Waals surface area contributed by atoms with Crippen LogP contribution in [0.1, 0.15) is 22.3 Å². The molecule has 11 nitrogen and oxygen atoms in total. The van der Waals surface area contributed by atoms with Crippen LogP contribution in [0.15, 0.2) is 94.4 Å². The Labute approximate surface area is 310 Å². The number of allylic oxidation sites excluding steroid dienone is 2. The second kappa shape index (κ2) is 16.2. The lowest BCUT2D eigenvalue weighted by Crippen LogP contribution is -2.50. The lowest BCUT2D eigenvalue weighted by atomic mass is 9.78. The van der Waals surface area contributed by atoms with Gasteiger partial charge in [0, 0.05) is 46.2 Å². The second-order valence-electron chi connectivity index (χ2n) is 12.6. The number of benzene rings is 2. The Balaban J connectivity index is 1.89. The molecular formula is C34H34Cl2F6N4O7. The molecule has 4 unspecified atom stereocenters. The SMILES string of the molecule is CN(C)CCOC1C(Cl)=C(OC2=C(Cl)C(OCCN(C)C)C(c3ccccc3C(F)(F)F)([N+](=O)[O-])C=C2)C=CC1(c1ccccc1C(F)(F)F)[N+](=O)[O-]. The Hall–Kier alpha value is -4.00. The summed E-state index contributed by atoms with van der Waals surface area (Å²) in [7, 11) is 6.65. The van der Waals surface area contributed by atoms with Crippen LogP contribution in [-0.2, 0) is 37.6 Å². The van der Waals surface area contributed by atoms with E-state index < -0.39 is 89.3 Å². The van der Waals surface area contributed by atoms with Crippen molar-refractivity contribution in [3.8, 4) is 0 Å². The van der Waals surface area contributed by atoms with E-state index in [0.717, 1.165) is 48.6 Å². The number of nitrogens with zero attached hydrogens (tertiary/aromatic N) is 4. The number of hydrogen-bond donors (Lipinski definition) is 0. The highest BCUT2D eigenvalue weighted by Crippen LogP contribution is 2.49. The number of hydrogen-bond acceptors (Lipinski definition) is 9. The van der Waals surface area contributed by atoms with Crippen molar-refractivity contribution in [1.29, 1.82) is 0 Å². The molecule has 53 heavy (non-hydrogen) atoms. The molecule has 2 aliphatic rings. The fourth-order valence-corrected chi connectivity index (χ4v) is 6.57. The minimum absolute atomic E-state index is 0.170. The predicted molar refractivity (Wildman–Crippen MR) is 182 cm³/mol. The Morgan fingerprint density at radius 3 is 1.32 bits per heavy atom. The molecular weight excluding hydrogens is 761 g/mol. The highest BCUT2D eigenvalue weighted by atomic mass is 35.5. The van der Waals surface area contributed by atoms with Gasteiger partial charge in [0.1, 0.15) is 11.5 Å². The van der Waals surface area contributed by atoms with Crippen molar-refractivity contribution in [2.45, 2.75) is 35.6 Å². The van der Waals surface area contributed by atoms with Crippen LogP contribution in [0.3, 0.4) is 0 Å². The Morgan fingerprint density at radius 1 is 0.679 bits per heavy atom. The number of ether oxygens (including phenoxy) is 3. The third kappa shape index (κ3) is 8.39. The summed E-state index contributed by atoms with van der Waals surface area (Å²) in [5.74, 6) is -0.810. The van der Waals surface area contributed by atoms with Gasteiger partial charge >= 0.3 is 12.4 Å². The van der Waals surface area contributed by atoms with Gasteiger partial charge in [-0.3, -0.25) is 20.2 Å². The number of likely N-dealkylation sites (N-methyl/N-ethyl adjacent to an activating group) is 2. The predicted octanol–water partition coefficient (Wildman–Crippen LogP) is 7.32. The zero-order valence-electron chi connectivity index (χ0n) is 28.6. The molecule has 0 aromatic heterocycles. The normalized spacial score (nSPS) is 23.7. The quantitative estimate of drug-likeness (QED) is 0.110. The van der Waals surface area contributed by atoms with Gasteiger partial charge in [-0.1, -0.05) is 59.6 Å². The van der Waals surface area contributed by atoms with Gasteiger partial charge in [-0.05, 0) is 52.5 Å². The summed E-state index contributed by atoms with van der Waals surface area (Å²) in [6.07, 6.45) is -10.4. The van der Waals surface area contributed by atoms with Gasteiger partial charge in [-0.15, -0.1) is 0 Å². The van der Waals surface area contributed by atoms with Crippen molar-refractivity contribution in [2.24, 2.45) is 0 Å². The standard InChI is InChI=1S/C34H34Cl2F6N4O7/c1-43(2)17-19-51-29-27(35)25(13-15-31(29,45(47)48)21-9-5-7-11-23(21)33(37,38)39)53-26-14-16-32(46(49)50,30(28(26)36)52-20-18-44(3)4)22-10-6-8-12-24(22)34(40,41)42/h5-16,29-30H,17-20H2,1-4H3. The number of halogens is 8. The van der Waals surface area contributed by atoms with Gasteiger partial charge in [0.2, 0.25) is 0 Å². The van der Waals surface area contributed by atoms with Crippen LogP contribution >= 0.6 is 23.2 Å². The molecule has 2 aliphatic carbocycles. The molecule has 0 saturated heterocycles. The first-order valence-electron chi connectivity index (χ1n) is 15.7. The number of rotatable bonds is 14.